The highest BCUT2D eigenvalue weighted by atomic mass is 16.2. The smallest absolute Gasteiger partial charge is 0.231 e. The molecule has 1 aliphatic rings. The van der Waals surface area contributed by atoms with Crippen LogP contribution in [0.2, 0.25) is 0 Å². The van der Waals surface area contributed by atoms with Crippen LogP contribution in [0.25, 0.3) is 0 Å². The molecule has 5 heteroatoms. The Morgan fingerprint density at radius 2 is 2.21 bits per heavy atom. The number of carbonyl (C=O) groups is 2. The number of nitrogens with two attached hydrogens (primary N) is 1. The SMILES string of the molecule is CC(CN)C(=O)N(C)c1ccc2c(c1)CC(=O)N2C. The lowest BCUT2D eigenvalue weighted by Crippen LogP contribution is -2.35. The van der Waals surface area contributed by atoms with Crippen LogP contribution in [0.4, 0.5) is 11.4 Å². The highest BCUT2D eigenvalue weighted by molar-refractivity contribution is 6.02. The first kappa shape index (κ1) is 13.5. The Kier molecular flexibility index (Phi) is 3.57. The summed E-state index contributed by atoms with van der Waals surface area (Å²) in [6.07, 6.45) is 0.397. The van der Waals surface area contributed by atoms with Gasteiger partial charge in [-0.2, -0.15) is 0 Å². The van der Waals surface area contributed by atoms with E-state index in [1.54, 1.807) is 23.9 Å². The number of likely N-dealkylation sites (N-methyl/N-ethyl adjacent to an activating group) is 1. The molecule has 1 aliphatic heterocycles. The third-order valence-electron chi connectivity index (χ3n) is 3.63. The molecule has 0 radical (unpaired) electrons. The number of hydrogen-bond acceptors (Lipinski definition) is 3. The molecule has 0 fully saturated rings. The third-order valence-corrected chi connectivity index (χ3v) is 3.63. The molecular formula is C14H19N3O2. The number of rotatable bonds is 3. The molecule has 19 heavy (non-hydrogen) atoms. The van der Waals surface area contributed by atoms with Crippen molar-refractivity contribution >= 4 is 23.2 Å². The van der Waals surface area contributed by atoms with Crippen molar-refractivity contribution in [2.45, 2.75) is 13.3 Å². The van der Waals surface area contributed by atoms with Crippen LogP contribution in [-0.4, -0.2) is 32.5 Å². The summed E-state index contributed by atoms with van der Waals surface area (Å²) in [6, 6.07) is 5.64. The van der Waals surface area contributed by atoms with Crippen molar-refractivity contribution < 1.29 is 9.59 Å². The van der Waals surface area contributed by atoms with Gasteiger partial charge in [0.25, 0.3) is 0 Å². The van der Waals surface area contributed by atoms with Gasteiger partial charge in [-0.15, -0.1) is 0 Å². The van der Waals surface area contributed by atoms with Crippen LogP contribution < -0.4 is 15.5 Å². The van der Waals surface area contributed by atoms with E-state index in [0.29, 0.717) is 13.0 Å². The molecular weight excluding hydrogens is 242 g/mol. The Hall–Kier alpha value is -1.88. The summed E-state index contributed by atoms with van der Waals surface area (Å²) < 4.78 is 0. The zero-order chi connectivity index (χ0) is 14.2. The fourth-order valence-corrected chi connectivity index (χ4v) is 2.22. The zero-order valence-corrected chi connectivity index (χ0v) is 11.5. The Labute approximate surface area is 113 Å². The minimum atomic E-state index is -0.206. The molecule has 1 heterocycles. The summed E-state index contributed by atoms with van der Waals surface area (Å²) in [5.74, 6) is -0.140. The van der Waals surface area contributed by atoms with Crippen LogP contribution in [0.1, 0.15) is 12.5 Å². The lowest BCUT2D eigenvalue weighted by atomic mass is 10.1. The molecule has 1 aromatic rings. The molecule has 0 saturated heterocycles. The molecule has 1 atom stereocenters. The van der Waals surface area contributed by atoms with Gasteiger partial charge >= 0.3 is 0 Å². The fraction of sp³-hybridized carbons (Fsp3) is 0.429. The molecule has 5 nitrogen and oxygen atoms in total. The highest BCUT2D eigenvalue weighted by Gasteiger charge is 2.25. The Morgan fingerprint density at radius 3 is 2.84 bits per heavy atom. The molecule has 0 aromatic heterocycles. The predicted octanol–water partition coefficient (Wildman–Crippen LogP) is 0.763. The lowest BCUT2D eigenvalue weighted by Gasteiger charge is -2.21. The first-order chi connectivity index (χ1) is 8.95. The molecule has 2 rings (SSSR count). The molecule has 2 N–H and O–H groups in total. The number of nitrogens with zero attached hydrogens (tertiary/aromatic N) is 2. The lowest BCUT2D eigenvalue weighted by molar-refractivity contribution is -0.121. The number of carbonyl (C=O) groups excluding carboxylic acids is 2. The number of fused-ring (bicyclic) bond motifs is 1. The second-order valence-electron chi connectivity index (χ2n) is 4.98. The maximum atomic E-state index is 12.1. The first-order valence-electron chi connectivity index (χ1n) is 6.32. The third kappa shape index (κ3) is 2.33. The minimum Gasteiger partial charge on any atom is -0.330 e. The fourth-order valence-electron chi connectivity index (χ4n) is 2.22. The second kappa shape index (κ2) is 5.01. The molecule has 0 bridgehead atoms. The van der Waals surface area contributed by atoms with E-state index in [9.17, 15) is 9.59 Å². The van der Waals surface area contributed by atoms with Crippen molar-refractivity contribution in [1.82, 2.24) is 0 Å². The first-order valence-corrected chi connectivity index (χ1v) is 6.32. The second-order valence-corrected chi connectivity index (χ2v) is 4.98. The summed E-state index contributed by atoms with van der Waals surface area (Å²) in [5, 5.41) is 0. The molecule has 0 aliphatic carbocycles. The van der Waals surface area contributed by atoms with Gasteiger partial charge in [-0.1, -0.05) is 6.92 Å². The Morgan fingerprint density at radius 1 is 1.53 bits per heavy atom. The summed E-state index contributed by atoms with van der Waals surface area (Å²) in [7, 11) is 3.50. The summed E-state index contributed by atoms with van der Waals surface area (Å²) >= 11 is 0. The molecule has 1 aromatic carbocycles. The molecule has 102 valence electrons. The van der Waals surface area contributed by atoms with Crippen molar-refractivity contribution in [3.63, 3.8) is 0 Å². The summed E-state index contributed by atoms with van der Waals surface area (Å²) in [6.45, 7) is 2.14. The van der Waals surface area contributed by atoms with E-state index in [1.165, 1.54) is 0 Å². The van der Waals surface area contributed by atoms with E-state index in [-0.39, 0.29) is 17.7 Å². The number of benzene rings is 1. The quantitative estimate of drug-likeness (QED) is 0.873. The standard InChI is InChI=1S/C14H19N3O2/c1-9(8-15)14(19)16(2)11-4-5-12-10(6-11)7-13(18)17(12)3/h4-6,9H,7-8,15H2,1-3H3. The number of hydrogen-bond donors (Lipinski definition) is 1. The van der Waals surface area contributed by atoms with Gasteiger partial charge in [-0.3, -0.25) is 9.59 Å². The van der Waals surface area contributed by atoms with E-state index in [0.717, 1.165) is 16.9 Å². The zero-order valence-electron chi connectivity index (χ0n) is 11.5. The van der Waals surface area contributed by atoms with Crippen molar-refractivity contribution in [3.8, 4) is 0 Å². The van der Waals surface area contributed by atoms with E-state index in [2.05, 4.69) is 0 Å². The monoisotopic (exact) mass is 261 g/mol. The summed E-state index contributed by atoms with van der Waals surface area (Å²) in [4.78, 5) is 26.9. The van der Waals surface area contributed by atoms with E-state index in [1.807, 2.05) is 25.1 Å². The van der Waals surface area contributed by atoms with Crippen LogP contribution in [0.5, 0.6) is 0 Å². The normalized spacial score (nSPS) is 15.4. The largest absolute Gasteiger partial charge is 0.330 e. The van der Waals surface area contributed by atoms with Crippen LogP contribution in [0.15, 0.2) is 18.2 Å². The highest BCUT2D eigenvalue weighted by Crippen LogP contribution is 2.31. The Bertz CT molecular complexity index is 527. The molecule has 1 unspecified atom stereocenters. The van der Waals surface area contributed by atoms with E-state index < -0.39 is 0 Å². The number of amides is 2. The van der Waals surface area contributed by atoms with Crippen molar-refractivity contribution in [2.24, 2.45) is 11.7 Å². The Balaban J connectivity index is 2.27. The van der Waals surface area contributed by atoms with Gasteiger partial charge in [-0.05, 0) is 23.8 Å². The molecule has 0 saturated carbocycles. The van der Waals surface area contributed by atoms with Crippen molar-refractivity contribution in [3.05, 3.63) is 23.8 Å². The summed E-state index contributed by atoms with van der Waals surface area (Å²) in [5.41, 5.74) is 8.20. The van der Waals surface area contributed by atoms with Crippen LogP contribution >= 0.6 is 0 Å². The van der Waals surface area contributed by atoms with Crippen molar-refractivity contribution in [1.29, 1.82) is 0 Å². The average Bonchev–Trinajstić information content (AvgIpc) is 2.71. The predicted molar refractivity (Wildman–Crippen MR) is 75.2 cm³/mol. The van der Waals surface area contributed by atoms with Crippen LogP contribution in [-0.2, 0) is 16.0 Å². The van der Waals surface area contributed by atoms with E-state index >= 15 is 0 Å². The number of anilines is 2. The maximum absolute atomic E-state index is 12.1. The van der Waals surface area contributed by atoms with Gasteiger partial charge < -0.3 is 15.5 Å². The van der Waals surface area contributed by atoms with E-state index in [4.69, 9.17) is 5.73 Å². The van der Waals surface area contributed by atoms with Crippen LogP contribution in [0, 0.1) is 5.92 Å². The topological polar surface area (TPSA) is 66.6 Å². The minimum absolute atomic E-state index is 0.0138. The van der Waals surface area contributed by atoms with Gasteiger partial charge in [0.15, 0.2) is 0 Å². The van der Waals surface area contributed by atoms with Gasteiger partial charge in [0.1, 0.15) is 0 Å². The van der Waals surface area contributed by atoms with Gasteiger partial charge in [0, 0.05) is 37.9 Å². The van der Waals surface area contributed by atoms with Crippen molar-refractivity contribution in [2.75, 3.05) is 30.4 Å². The van der Waals surface area contributed by atoms with Gasteiger partial charge in [0.05, 0.1) is 6.42 Å². The average molecular weight is 261 g/mol. The maximum Gasteiger partial charge on any atom is 0.231 e. The molecule has 2 amide bonds. The van der Waals surface area contributed by atoms with Gasteiger partial charge in [-0.25, -0.2) is 0 Å². The van der Waals surface area contributed by atoms with Crippen LogP contribution in [0.3, 0.4) is 0 Å². The van der Waals surface area contributed by atoms with Gasteiger partial charge in [0.2, 0.25) is 11.8 Å². The molecule has 0 spiro atoms.